The first kappa shape index (κ1) is 30.4. The molecule has 0 saturated heterocycles. The van der Waals surface area contributed by atoms with Crippen molar-refractivity contribution in [2.24, 2.45) is 35.5 Å². The van der Waals surface area contributed by atoms with Gasteiger partial charge < -0.3 is 14.9 Å². The van der Waals surface area contributed by atoms with Crippen LogP contribution in [0.2, 0.25) is 0 Å². The van der Waals surface area contributed by atoms with Crippen molar-refractivity contribution in [2.75, 3.05) is 0 Å². The Labute approximate surface area is 222 Å². The van der Waals surface area contributed by atoms with Gasteiger partial charge in [-0.3, -0.25) is 0 Å². The third-order valence-electron chi connectivity index (χ3n) is 7.14. The Morgan fingerprint density at radius 3 is 1.94 bits per heavy atom. The fourth-order valence-corrected chi connectivity index (χ4v) is 5.74. The molecule has 5 unspecified atom stereocenters. The summed E-state index contributed by atoms with van der Waals surface area (Å²) in [5.41, 5.74) is 1.50. The quantitative estimate of drug-likeness (QED) is 0.253. The Kier molecular flexibility index (Phi) is 15.6. The summed E-state index contributed by atoms with van der Waals surface area (Å²) >= 11 is -0.826. The average Bonchev–Trinajstić information content (AvgIpc) is 3.39. The molecule has 2 fully saturated rings. The van der Waals surface area contributed by atoms with Crippen molar-refractivity contribution in [2.45, 2.75) is 38.5 Å². The van der Waals surface area contributed by atoms with Crippen molar-refractivity contribution >= 4 is 17.0 Å². The molecule has 5 atom stereocenters. The van der Waals surface area contributed by atoms with Crippen LogP contribution in [0.25, 0.3) is 0 Å². The Hall–Kier alpha value is -0.617. The molecular formula is C30H40Cl2Zr. The molecule has 2 saturated carbocycles. The molecule has 0 aliphatic heterocycles. The number of fused-ring (bicyclic) bond motifs is 2. The van der Waals surface area contributed by atoms with E-state index < -0.39 is 20.8 Å². The van der Waals surface area contributed by atoms with E-state index in [0.29, 0.717) is 0 Å². The maximum absolute atomic E-state index is 4.93. The summed E-state index contributed by atoms with van der Waals surface area (Å²) in [6, 6.07) is 10.9. The number of halogens is 2. The normalized spacial score (nSPS) is 29.5. The van der Waals surface area contributed by atoms with Crippen molar-refractivity contribution in [1.82, 2.24) is 0 Å². The van der Waals surface area contributed by atoms with Crippen molar-refractivity contribution in [3.63, 3.8) is 0 Å². The minimum absolute atomic E-state index is 0. The summed E-state index contributed by atoms with van der Waals surface area (Å²) in [5, 5.41) is 0. The van der Waals surface area contributed by atoms with E-state index in [1.54, 1.807) is 0 Å². The molecule has 4 aliphatic rings. The molecule has 0 N–H and O–H groups in total. The first-order valence-electron chi connectivity index (χ1n) is 11.6. The number of allylic oxidation sites excluding steroid dienone is 9. The van der Waals surface area contributed by atoms with Gasteiger partial charge in [-0.15, -0.1) is 6.58 Å². The number of rotatable bonds is 4. The Balaban J connectivity index is 0.000000288. The second-order valence-electron chi connectivity index (χ2n) is 9.07. The molecule has 0 bridgehead atoms. The van der Waals surface area contributed by atoms with Gasteiger partial charge >= 0.3 is 37.9 Å². The van der Waals surface area contributed by atoms with Crippen molar-refractivity contribution < 1.29 is 20.8 Å². The monoisotopic (exact) mass is 560 g/mol. The Bertz CT molecular complexity index is 760. The van der Waals surface area contributed by atoms with E-state index in [1.165, 1.54) is 44.1 Å². The van der Waals surface area contributed by atoms with E-state index >= 15 is 0 Å². The summed E-state index contributed by atoms with van der Waals surface area (Å²) in [4.78, 5) is 0. The van der Waals surface area contributed by atoms with E-state index in [2.05, 4.69) is 91.6 Å². The Morgan fingerprint density at radius 1 is 0.818 bits per heavy atom. The van der Waals surface area contributed by atoms with E-state index in [9.17, 15) is 0 Å². The number of benzene rings is 1. The van der Waals surface area contributed by atoms with Crippen LogP contribution in [-0.4, -0.2) is 0 Å². The maximum atomic E-state index is 4.93. The van der Waals surface area contributed by atoms with Gasteiger partial charge in [-0.2, -0.15) is 0 Å². The van der Waals surface area contributed by atoms with Crippen LogP contribution in [0.1, 0.15) is 37.7 Å². The van der Waals surface area contributed by atoms with E-state index in [0.717, 1.165) is 35.5 Å². The van der Waals surface area contributed by atoms with Gasteiger partial charge in [0.05, 0.1) is 0 Å². The van der Waals surface area contributed by atoms with Gasteiger partial charge in [0.15, 0.2) is 0 Å². The Morgan fingerprint density at radius 2 is 1.36 bits per heavy atom. The van der Waals surface area contributed by atoms with Gasteiger partial charge in [-0.25, -0.2) is 0 Å². The van der Waals surface area contributed by atoms with Crippen LogP contribution in [-0.2, 0) is 27.3 Å². The zero-order valence-corrected chi connectivity index (χ0v) is 24.2. The molecular weight excluding hydrogens is 522 g/mol. The van der Waals surface area contributed by atoms with Crippen LogP contribution in [0, 0.1) is 50.4 Å². The predicted molar refractivity (Wildman–Crippen MR) is 145 cm³/mol. The summed E-state index contributed by atoms with van der Waals surface area (Å²) in [6.07, 6.45) is 28.4. The van der Waals surface area contributed by atoms with Crippen molar-refractivity contribution in [1.29, 1.82) is 0 Å². The second kappa shape index (κ2) is 16.9. The van der Waals surface area contributed by atoms with Gasteiger partial charge in [0.1, 0.15) is 0 Å². The minimum atomic E-state index is -0.826. The first-order chi connectivity index (χ1) is 15.2. The first-order valence-corrected chi connectivity index (χ1v) is 17.9. The SMILES string of the molecule is C1=CC2CC(Cc3ccccc3)CC2C=C1.C=CCC1CCC2C=CC=CC21.[CH3-].[CH3-].[Cl][Zr+2][Cl]. The van der Waals surface area contributed by atoms with Crippen LogP contribution >= 0.6 is 17.0 Å². The molecule has 0 spiro atoms. The van der Waals surface area contributed by atoms with E-state index in [4.69, 9.17) is 17.0 Å². The third-order valence-corrected chi connectivity index (χ3v) is 7.14. The molecule has 5 rings (SSSR count). The molecule has 0 amide bonds. The average molecular weight is 563 g/mol. The third kappa shape index (κ3) is 9.51. The fraction of sp³-hybridized carbons (Fsp3) is 0.400. The molecule has 4 aliphatic carbocycles. The van der Waals surface area contributed by atoms with Crippen LogP contribution in [0.4, 0.5) is 0 Å². The van der Waals surface area contributed by atoms with Gasteiger partial charge in [-0.1, -0.05) is 85.0 Å². The molecule has 0 radical (unpaired) electrons. The molecule has 1 aromatic rings. The zero-order valence-electron chi connectivity index (χ0n) is 20.3. The second-order valence-corrected chi connectivity index (χ2v) is 12.8. The van der Waals surface area contributed by atoms with Gasteiger partial charge in [0.25, 0.3) is 0 Å². The fourth-order valence-electron chi connectivity index (χ4n) is 5.74. The molecule has 178 valence electrons. The standard InChI is InChI=1S/C16H18.C12H16.2CH3.2ClH.Zr/c1-2-6-13(7-3-1)10-14-11-15-8-4-5-9-16(15)12-14;1-2-5-10-8-9-11-6-3-4-7-12(10)11;;;;;/h1-9,14-16H,10-12H2;2-4,6-7,10-12H,1,5,8-9H2;2*1H3;2*1H;/q;;2*-1;;;+4/p-2. The van der Waals surface area contributed by atoms with E-state index in [-0.39, 0.29) is 14.9 Å². The van der Waals surface area contributed by atoms with Crippen LogP contribution in [0.5, 0.6) is 0 Å². The van der Waals surface area contributed by atoms with Crippen LogP contribution in [0.3, 0.4) is 0 Å². The van der Waals surface area contributed by atoms with Crippen molar-refractivity contribution in [3.05, 3.63) is 112 Å². The molecule has 3 heteroatoms. The van der Waals surface area contributed by atoms with Gasteiger partial charge in [-0.05, 0) is 79.6 Å². The number of hydrogen-bond donors (Lipinski definition) is 0. The molecule has 1 aromatic carbocycles. The number of hydrogen-bond acceptors (Lipinski definition) is 0. The molecule has 0 heterocycles. The summed E-state index contributed by atoms with van der Waals surface area (Å²) < 4.78 is 0. The predicted octanol–water partition coefficient (Wildman–Crippen LogP) is 9.61. The summed E-state index contributed by atoms with van der Waals surface area (Å²) in [7, 11) is 9.87. The zero-order chi connectivity index (χ0) is 21.9. The van der Waals surface area contributed by atoms with Gasteiger partial charge in [0.2, 0.25) is 0 Å². The van der Waals surface area contributed by atoms with Gasteiger partial charge in [0, 0.05) is 0 Å². The van der Waals surface area contributed by atoms with Crippen molar-refractivity contribution in [3.8, 4) is 0 Å². The summed E-state index contributed by atoms with van der Waals surface area (Å²) in [6.45, 7) is 3.82. The van der Waals surface area contributed by atoms with E-state index in [1.807, 2.05) is 0 Å². The molecule has 0 nitrogen and oxygen atoms in total. The van der Waals surface area contributed by atoms with Crippen LogP contribution < -0.4 is 0 Å². The van der Waals surface area contributed by atoms with Crippen LogP contribution in [0.15, 0.2) is 91.6 Å². The topological polar surface area (TPSA) is 0 Å². The summed E-state index contributed by atoms with van der Waals surface area (Å²) in [5.74, 6) is 5.03. The molecule has 0 aromatic heterocycles. The molecule has 33 heavy (non-hydrogen) atoms.